The minimum absolute atomic E-state index is 0.0950. The molecule has 5 aromatic rings. The van der Waals surface area contributed by atoms with Gasteiger partial charge in [-0.1, -0.05) is 36.4 Å². The fourth-order valence-corrected chi connectivity index (χ4v) is 5.04. The SMILES string of the molecule is O=C(Cn1c(-c2cccs2)n[nH]c1=S)Nn1cnc2scc(-c3ccccc3)c2c1=O. The molecule has 0 aliphatic heterocycles. The average molecular weight is 467 g/mol. The smallest absolute Gasteiger partial charge is 0.281 e. The van der Waals surface area contributed by atoms with Crippen LogP contribution in [0.3, 0.4) is 0 Å². The van der Waals surface area contributed by atoms with E-state index in [0.717, 1.165) is 20.7 Å². The molecule has 0 aliphatic carbocycles. The number of aromatic amines is 1. The number of rotatable bonds is 5. The number of carbonyl (C=O) groups is 1. The predicted molar refractivity (Wildman–Crippen MR) is 124 cm³/mol. The monoisotopic (exact) mass is 466 g/mol. The number of hydrogen-bond acceptors (Lipinski definition) is 7. The molecule has 1 amide bonds. The quantitative estimate of drug-likeness (QED) is 0.383. The Labute approximate surface area is 188 Å². The molecule has 0 spiro atoms. The van der Waals surface area contributed by atoms with Gasteiger partial charge in [0.2, 0.25) is 0 Å². The van der Waals surface area contributed by atoms with Crippen LogP contribution in [-0.4, -0.2) is 30.3 Å². The lowest BCUT2D eigenvalue weighted by Gasteiger charge is -2.09. The summed E-state index contributed by atoms with van der Waals surface area (Å²) in [7, 11) is 0. The maximum Gasteiger partial charge on any atom is 0.281 e. The molecule has 0 saturated carbocycles. The van der Waals surface area contributed by atoms with Crippen molar-refractivity contribution in [3.63, 3.8) is 0 Å². The van der Waals surface area contributed by atoms with Crippen molar-refractivity contribution in [2.75, 3.05) is 5.43 Å². The summed E-state index contributed by atoms with van der Waals surface area (Å²) in [6.07, 6.45) is 1.32. The largest absolute Gasteiger partial charge is 0.290 e. The van der Waals surface area contributed by atoms with Crippen LogP contribution in [0.4, 0.5) is 0 Å². The summed E-state index contributed by atoms with van der Waals surface area (Å²) >= 11 is 8.15. The van der Waals surface area contributed by atoms with Gasteiger partial charge in [0, 0.05) is 10.9 Å². The summed E-state index contributed by atoms with van der Waals surface area (Å²) in [6, 6.07) is 13.4. The highest BCUT2D eigenvalue weighted by Gasteiger charge is 2.16. The predicted octanol–water partition coefficient (Wildman–Crippen LogP) is 3.88. The Morgan fingerprint density at radius 3 is 2.77 bits per heavy atom. The molecule has 8 nitrogen and oxygen atoms in total. The van der Waals surface area contributed by atoms with Crippen molar-refractivity contribution in [2.45, 2.75) is 6.54 Å². The fourth-order valence-electron chi connectivity index (χ4n) is 3.21. The molecule has 0 radical (unpaired) electrons. The van der Waals surface area contributed by atoms with E-state index in [1.807, 2.05) is 53.2 Å². The zero-order chi connectivity index (χ0) is 21.4. The molecule has 0 bridgehead atoms. The van der Waals surface area contributed by atoms with E-state index in [9.17, 15) is 9.59 Å². The van der Waals surface area contributed by atoms with Crippen LogP contribution in [0.1, 0.15) is 0 Å². The lowest BCUT2D eigenvalue weighted by molar-refractivity contribution is -0.117. The second-order valence-corrected chi connectivity index (χ2v) is 8.76. The van der Waals surface area contributed by atoms with E-state index >= 15 is 0 Å². The van der Waals surface area contributed by atoms with E-state index in [-0.39, 0.29) is 12.1 Å². The van der Waals surface area contributed by atoms with E-state index in [2.05, 4.69) is 20.6 Å². The van der Waals surface area contributed by atoms with Crippen molar-refractivity contribution in [2.24, 2.45) is 0 Å². The number of benzene rings is 1. The molecular weight excluding hydrogens is 452 g/mol. The molecule has 31 heavy (non-hydrogen) atoms. The van der Waals surface area contributed by atoms with E-state index in [1.165, 1.54) is 29.0 Å². The topological polar surface area (TPSA) is 97.6 Å². The first-order valence-corrected chi connectivity index (χ1v) is 11.3. The lowest BCUT2D eigenvalue weighted by atomic mass is 10.1. The summed E-state index contributed by atoms with van der Waals surface area (Å²) in [5, 5.41) is 11.2. The first-order chi connectivity index (χ1) is 15.1. The van der Waals surface area contributed by atoms with Gasteiger partial charge in [-0.2, -0.15) is 5.10 Å². The highest BCUT2D eigenvalue weighted by Crippen LogP contribution is 2.30. The number of hydrogen-bond donors (Lipinski definition) is 2. The molecule has 11 heteroatoms. The van der Waals surface area contributed by atoms with E-state index in [4.69, 9.17) is 12.2 Å². The lowest BCUT2D eigenvalue weighted by Crippen LogP contribution is -2.35. The Balaban J connectivity index is 1.46. The molecule has 0 fully saturated rings. The number of fused-ring (bicyclic) bond motifs is 1. The van der Waals surface area contributed by atoms with E-state index < -0.39 is 5.91 Å². The number of nitrogens with one attached hydrogen (secondary N) is 2. The van der Waals surface area contributed by atoms with Crippen LogP contribution in [-0.2, 0) is 11.3 Å². The average Bonchev–Trinajstić information content (AvgIpc) is 3.52. The van der Waals surface area contributed by atoms with Crippen LogP contribution in [0.25, 0.3) is 32.0 Å². The van der Waals surface area contributed by atoms with Gasteiger partial charge in [0.1, 0.15) is 17.7 Å². The molecular formula is C20H14N6O2S3. The number of nitrogens with zero attached hydrogens (tertiary/aromatic N) is 4. The Bertz CT molecular complexity index is 1500. The van der Waals surface area contributed by atoms with E-state index in [0.29, 0.717) is 20.8 Å². The number of H-pyrrole nitrogens is 1. The van der Waals surface area contributed by atoms with Crippen LogP contribution in [0.2, 0.25) is 0 Å². The third-order valence-electron chi connectivity index (χ3n) is 4.63. The standard InChI is InChI=1S/C20H14N6O2S3/c27-15(9-25-17(22-23-20(25)29)14-7-4-8-30-14)24-26-11-21-18-16(19(26)28)13(10-31-18)12-5-2-1-3-6-12/h1-8,10-11H,9H2,(H,23,29)(H,24,27). The van der Waals surface area contributed by atoms with E-state index in [1.54, 1.807) is 4.57 Å². The summed E-state index contributed by atoms with van der Waals surface area (Å²) in [6.45, 7) is -0.0950. The highest BCUT2D eigenvalue weighted by atomic mass is 32.1. The van der Waals surface area contributed by atoms with Gasteiger partial charge in [-0.15, -0.1) is 22.7 Å². The van der Waals surface area contributed by atoms with Crippen molar-refractivity contribution >= 4 is 51.0 Å². The second kappa shape index (κ2) is 8.02. The molecule has 5 rings (SSSR count). The van der Waals surface area contributed by atoms with Gasteiger partial charge in [-0.3, -0.25) is 24.7 Å². The summed E-state index contributed by atoms with van der Waals surface area (Å²) < 4.78 is 3.02. The fraction of sp³-hybridized carbons (Fsp3) is 0.0500. The third-order valence-corrected chi connectivity index (χ3v) is 6.69. The number of thiophene rings is 2. The van der Waals surface area contributed by atoms with Crippen LogP contribution in [0.5, 0.6) is 0 Å². The minimum Gasteiger partial charge on any atom is -0.290 e. The van der Waals surface area contributed by atoms with Crippen LogP contribution >= 0.6 is 34.9 Å². The van der Waals surface area contributed by atoms with Gasteiger partial charge in [-0.05, 0) is 29.2 Å². The molecule has 154 valence electrons. The Kier molecular flexibility index (Phi) is 5.06. The zero-order valence-corrected chi connectivity index (χ0v) is 18.3. The van der Waals surface area contributed by atoms with Crippen LogP contribution in [0.15, 0.2) is 64.3 Å². The van der Waals surface area contributed by atoms with Crippen LogP contribution < -0.4 is 11.0 Å². The van der Waals surface area contributed by atoms with Crippen molar-refractivity contribution in [1.29, 1.82) is 0 Å². The maximum atomic E-state index is 13.1. The number of carbonyl (C=O) groups excluding carboxylic acids is 1. The van der Waals surface area contributed by atoms with Gasteiger partial charge in [0.15, 0.2) is 10.6 Å². The summed E-state index contributed by atoms with van der Waals surface area (Å²) in [4.78, 5) is 31.7. The van der Waals surface area contributed by atoms with Crippen molar-refractivity contribution in [1.82, 2.24) is 24.4 Å². The normalized spacial score (nSPS) is 11.1. The van der Waals surface area contributed by atoms with Gasteiger partial charge in [0.05, 0.1) is 10.3 Å². The van der Waals surface area contributed by atoms with Crippen LogP contribution in [0, 0.1) is 4.77 Å². The molecule has 0 atom stereocenters. The van der Waals surface area contributed by atoms with Crippen molar-refractivity contribution in [3.8, 4) is 21.8 Å². The molecule has 2 N–H and O–H groups in total. The summed E-state index contributed by atoms with van der Waals surface area (Å²) in [5.74, 6) is 0.148. The van der Waals surface area contributed by atoms with Gasteiger partial charge in [-0.25, -0.2) is 9.66 Å². The van der Waals surface area contributed by atoms with Crippen molar-refractivity contribution < 1.29 is 4.79 Å². The first-order valence-electron chi connectivity index (χ1n) is 9.15. The number of aromatic nitrogens is 5. The third kappa shape index (κ3) is 3.63. The second-order valence-electron chi connectivity index (χ2n) is 6.57. The van der Waals surface area contributed by atoms with Crippen molar-refractivity contribution in [3.05, 3.63) is 74.7 Å². The minimum atomic E-state index is -0.421. The Morgan fingerprint density at radius 1 is 1.16 bits per heavy atom. The Hall–Kier alpha value is -3.41. The van der Waals surface area contributed by atoms with Gasteiger partial charge in [0.25, 0.3) is 11.5 Å². The molecule has 4 heterocycles. The number of amides is 1. The van der Waals surface area contributed by atoms with Gasteiger partial charge >= 0.3 is 0 Å². The molecule has 0 saturated heterocycles. The molecule has 0 aliphatic rings. The molecule has 4 aromatic heterocycles. The molecule has 0 unspecified atom stereocenters. The first kappa shape index (κ1) is 19.5. The zero-order valence-electron chi connectivity index (χ0n) is 15.8. The maximum absolute atomic E-state index is 13.1. The molecule has 1 aromatic carbocycles. The van der Waals surface area contributed by atoms with Gasteiger partial charge < -0.3 is 0 Å². The summed E-state index contributed by atoms with van der Waals surface area (Å²) in [5.41, 5.74) is 3.98. The highest BCUT2D eigenvalue weighted by molar-refractivity contribution is 7.71. The Morgan fingerprint density at radius 2 is 2.00 bits per heavy atom.